The number of nitrogens with zero attached hydrogens (tertiary/aromatic N) is 2. The molecule has 226 valence electrons. The zero-order valence-corrected chi connectivity index (χ0v) is 25.3. The van der Waals surface area contributed by atoms with Crippen molar-refractivity contribution in [3.05, 3.63) is 116 Å². The van der Waals surface area contributed by atoms with Gasteiger partial charge in [-0.3, -0.25) is 14.4 Å². The summed E-state index contributed by atoms with van der Waals surface area (Å²) < 4.78 is 21.5. The normalized spacial score (nSPS) is 17.0. The smallest absolute Gasteiger partial charge is 0.255 e. The average Bonchev–Trinajstić information content (AvgIpc) is 2.99. The zero-order valence-electron chi connectivity index (χ0n) is 23.8. The number of halogens is 3. The van der Waals surface area contributed by atoms with Crippen molar-refractivity contribution in [3.8, 4) is 5.75 Å². The van der Waals surface area contributed by atoms with Crippen LogP contribution in [0.15, 0.2) is 77.6 Å². The molecule has 2 amide bonds. The van der Waals surface area contributed by atoms with Crippen LogP contribution in [0.2, 0.25) is 10.0 Å². The average molecular weight is 636 g/mol. The Balaban J connectivity index is 1.31. The van der Waals surface area contributed by atoms with E-state index in [1.807, 2.05) is 10.6 Å². The molecule has 0 saturated carbocycles. The molecule has 2 atom stereocenters. The Morgan fingerprint density at radius 3 is 2.55 bits per heavy atom. The molecule has 1 saturated heterocycles. The number of pyridine rings is 1. The highest BCUT2D eigenvalue weighted by Gasteiger charge is 2.35. The molecule has 2 N–H and O–H groups in total. The van der Waals surface area contributed by atoms with E-state index in [4.69, 9.17) is 27.9 Å². The summed E-state index contributed by atoms with van der Waals surface area (Å²) in [6.45, 7) is 1.90. The maximum absolute atomic E-state index is 14.5. The fraction of sp³-hybridized carbons (Fsp3) is 0.242. The van der Waals surface area contributed by atoms with Crippen molar-refractivity contribution in [1.82, 2.24) is 4.57 Å². The van der Waals surface area contributed by atoms with Gasteiger partial charge in [-0.25, -0.2) is 4.39 Å². The van der Waals surface area contributed by atoms with Gasteiger partial charge in [0.15, 0.2) is 0 Å². The molecule has 3 heterocycles. The molecule has 44 heavy (non-hydrogen) atoms. The lowest BCUT2D eigenvalue weighted by Gasteiger charge is -2.44. The number of aromatic nitrogens is 1. The van der Waals surface area contributed by atoms with Crippen LogP contribution < -0.4 is 25.8 Å². The van der Waals surface area contributed by atoms with Gasteiger partial charge in [-0.15, -0.1) is 0 Å². The molecule has 2 bridgehead atoms. The van der Waals surface area contributed by atoms with Crippen molar-refractivity contribution >= 4 is 52.1 Å². The molecule has 3 aromatic carbocycles. The lowest BCUT2D eigenvalue weighted by atomic mass is 9.83. The second-order valence-corrected chi connectivity index (χ2v) is 11.9. The number of anilines is 3. The first-order chi connectivity index (χ1) is 21.2. The number of fused-ring (bicyclic) bond motifs is 4. The lowest BCUT2D eigenvalue weighted by molar-refractivity contribution is -0.115. The van der Waals surface area contributed by atoms with Crippen molar-refractivity contribution in [2.24, 2.45) is 5.92 Å². The van der Waals surface area contributed by atoms with Crippen LogP contribution in [0.4, 0.5) is 21.5 Å². The Morgan fingerprint density at radius 2 is 1.77 bits per heavy atom. The predicted molar refractivity (Wildman–Crippen MR) is 170 cm³/mol. The summed E-state index contributed by atoms with van der Waals surface area (Å²) in [7, 11) is 1.51. The molecule has 8 nitrogen and oxygen atoms in total. The molecule has 2 aliphatic rings. The van der Waals surface area contributed by atoms with Crippen molar-refractivity contribution in [2.45, 2.75) is 25.3 Å². The highest BCUT2D eigenvalue weighted by molar-refractivity contribution is 6.32. The Labute approximate surface area is 263 Å². The molecular formula is C33H29Cl2FN4O4. The van der Waals surface area contributed by atoms with Crippen molar-refractivity contribution < 1.29 is 18.7 Å². The van der Waals surface area contributed by atoms with Crippen molar-refractivity contribution in [2.75, 3.05) is 35.7 Å². The van der Waals surface area contributed by atoms with Crippen LogP contribution in [-0.4, -0.2) is 36.6 Å². The molecule has 2 unspecified atom stereocenters. The van der Waals surface area contributed by atoms with E-state index in [-0.39, 0.29) is 34.4 Å². The first-order valence-electron chi connectivity index (χ1n) is 14.2. The van der Waals surface area contributed by atoms with E-state index in [0.29, 0.717) is 47.3 Å². The number of hydrogen-bond acceptors (Lipinski definition) is 5. The fourth-order valence-electron chi connectivity index (χ4n) is 6.15. The summed E-state index contributed by atoms with van der Waals surface area (Å²) in [5.74, 6) is -0.629. The monoisotopic (exact) mass is 634 g/mol. The second kappa shape index (κ2) is 12.3. The van der Waals surface area contributed by atoms with E-state index in [2.05, 4.69) is 15.5 Å². The third-order valence-electron chi connectivity index (χ3n) is 8.16. The Bertz CT molecular complexity index is 1810. The number of carbonyl (C=O) groups is 2. The lowest BCUT2D eigenvalue weighted by Crippen LogP contribution is -2.47. The van der Waals surface area contributed by atoms with E-state index in [1.54, 1.807) is 48.5 Å². The van der Waals surface area contributed by atoms with Crippen LogP contribution in [0.1, 0.15) is 34.0 Å². The van der Waals surface area contributed by atoms with Crippen LogP contribution in [0.5, 0.6) is 5.75 Å². The fourth-order valence-corrected chi connectivity index (χ4v) is 6.64. The number of piperidine rings is 1. The summed E-state index contributed by atoms with van der Waals surface area (Å²) in [6, 6.07) is 19.7. The molecular weight excluding hydrogens is 606 g/mol. The van der Waals surface area contributed by atoms with Crippen molar-refractivity contribution in [1.29, 1.82) is 0 Å². The molecule has 11 heteroatoms. The number of nitrogens with one attached hydrogen (secondary N) is 2. The summed E-state index contributed by atoms with van der Waals surface area (Å²) in [5.41, 5.74) is 2.99. The molecule has 4 aromatic rings. The molecule has 2 aliphatic heterocycles. The van der Waals surface area contributed by atoms with Gasteiger partial charge in [-0.2, -0.15) is 0 Å². The standard InChI is InChI=1S/C33H29Cl2FN4O4/c1-44-30-11-9-22(14-25(30)35)37-33(43)20-8-10-29(27(13-20)38-31(41)15-23-24(34)4-2-5-26(23)36)39-16-19-12-21(18-39)28-6-3-7-32(42)40(28)17-19/h2-11,13-14,19,21H,12,15-18H2,1H3,(H,37,43)(H,38,41). The summed E-state index contributed by atoms with van der Waals surface area (Å²) in [6.07, 6.45) is 0.672. The highest BCUT2D eigenvalue weighted by atomic mass is 35.5. The number of amides is 2. The van der Waals surface area contributed by atoms with Gasteiger partial charge in [0.05, 0.1) is 29.9 Å². The molecule has 0 spiro atoms. The van der Waals surface area contributed by atoms with Gasteiger partial charge in [0, 0.05) is 59.1 Å². The van der Waals surface area contributed by atoms with Crippen LogP contribution in [0, 0.1) is 11.7 Å². The van der Waals surface area contributed by atoms with E-state index in [0.717, 1.165) is 17.8 Å². The summed E-state index contributed by atoms with van der Waals surface area (Å²) >= 11 is 12.4. The van der Waals surface area contributed by atoms with Gasteiger partial charge in [0.1, 0.15) is 11.6 Å². The number of ether oxygens (including phenoxy) is 1. The molecule has 0 aliphatic carbocycles. The third-order valence-corrected chi connectivity index (χ3v) is 8.81. The first kappa shape index (κ1) is 29.7. The van der Waals surface area contributed by atoms with E-state index < -0.39 is 17.6 Å². The predicted octanol–water partition coefficient (Wildman–Crippen LogP) is 6.36. The van der Waals surface area contributed by atoms with Gasteiger partial charge in [0.25, 0.3) is 11.5 Å². The van der Waals surface area contributed by atoms with Crippen LogP contribution in [0.25, 0.3) is 0 Å². The molecule has 6 rings (SSSR count). The molecule has 0 radical (unpaired) electrons. The Hall–Kier alpha value is -4.34. The SMILES string of the molecule is COc1ccc(NC(=O)c2ccc(N3CC4CC(C3)c3cccc(=O)n3C4)c(NC(=O)Cc3c(F)cccc3Cl)c2)cc1Cl. The number of carbonyl (C=O) groups excluding carboxylic acids is 2. The van der Waals surface area contributed by atoms with E-state index in [1.165, 1.54) is 25.3 Å². The largest absolute Gasteiger partial charge is 0.495 e. The van der Waals surface area contributed by atoms with Gasteiger partial charge in [-0.1, -0.05) is 35.3 Å². The Morgan fingerprint density at radius 1 is 0.955 bits per heavy atom. The summed E-state index contributed by atoms with van der Waals surface area (Å²) in [4.78, 5) is 41.3. The first-order valence-corrected chi connectivity index (χ1v) is 14.9. The number of rotatable bonds is 7. The quantitative estimate of drug-likeness (QED) is 0.247. The highest BCUT2D eigenvalue weighted by Crippen LogP contribution is 2.39. The van der Waals surface area contributed by atoms with Gasteiger partial charge in [0.2, 0.25) is 5.91 Å². The van der Waals surface area contributed by atoms with E-state index in [9.17, 15) is 18.8 Å². The van der Waals surface area contributed by atoms with Gasteiger partial charge >= 0.3 is 0 Å². The summed E-state index contributed by atoms with van der Waals surface area (Å²) in [5, 5.41) is 6.24. The van der Waals surface area contributed by atoms with Crippen LogP contribution in [-0.2, 0) is 17.8 Å². The maximum atomic E-state index is 14.5. The third kappa shape index (κ3) is 6.02. The van der Waals surface area contributed by atoms with Gasteiger partial charge < -0.3 is 24.8 Å². The zero-order chi connectivity index (χ0) is 31.0. The minimum absolute atomic E-state index is 0.001000. The number of benzene rings is 3. The van der Waals surface area contributed by atoms with E-state index >= 15 is 0 Å². The Kier molecular flexibility index (Phi) is 8.33. The maximum Gasteiger partial charge on any atom is 0.255 e. The van der Waals surface area contributed by atoms with Crippen LogP contribution >= 0.6 is 23.2 Å². The number of methoxy groups -OCH3 is 1. The minimum Gasteiger partial charge on any atom is -0.495 e. The second-order valence-electron chi connectivity index (χ2n) is 11.1. The topological polar surface area (TPSA) is 92.7 Å². The molecule has 1 fully saturated rings. The van der Waals surface area contributed by atoms with Gasteiger partial charge in [-0.05, 0) is 66.9 Å². The number of hydrogen-bond donors (Lipinski definition) is 2. The minimum atomic E-state index is -0.572. The van der Waals surface area contributed by atoms with Crippen LogP contribution in [0.3, 0.4) is 0 Å². The molecule has 1 aromatic heterocycles. The van der Waals surface area contributed by atoms with Crippen molar-refractivity contribution in [3.63, 3.8) is 0 Å².